The molecule has 0 aromatic rings. The summed E-state index contributed by atoms with van der Waals surface area (Å²) in [5, 5.41) is 11.9. The predicted octanol–water partition coefficient (Wildman–Crippen LogP) is 1.61. The molecule has 0 aliphatic carbocycles. The molecule has 2 amide bonds. The predicted molar refractivity (Wildman–Crippen MR) is 82.3 cm³/mol. The molecule has 1 fully saturated rings. The van der Waals surface area contributed by atoms with Crippen LogP contribution in [0.1, 0.15) is 40.5 Å². The fourth-order valence-corrected chi connectivity index (χ4v) is 2.87. The molecule has 2 N–H and O–H groups in total. The minimum Gasteiger partial charge on any atom is -0.480 e. The van der Waals surface area contributed by atoms with Crippen molar-refractivity contribution in [2.24, 2.45) is 5.92 Å². The van der Waals surface area contributed by atoms with Gasteiger partial charge in [0, 0.05) is 19.1 Å². The van der Waals surface area contributed by atoms with E-state index < -0.39 is 12.0 Å². The van der Waals surface area contributed by atoms with E-state index in [1.54, 1.807) is 4.90 Å². The fraction of sp³-hybridized carbons (Fsp3) is 0.867. The lowest BCUT2D eigenvalue weighted by Crippen LogP contribution is -2.50. The molecule has 0 saturated carbocycles. The molecule has 1 rings (SSSR count). The number of hydrogen-bond donors (Lipinski definition) is 2. The largest absolute Gasteiger partial charge is 0.480 e. The van der Waals surface area contributed by atoms with Crippen molar-refractivity contribution in [1.82, 2.24) is 15.1 Å². The summed E-state index contributed by atoms with van der Waals surface area (Å²) < 4.78 is 0. The second-order valence-electron chi connectivity index (χ2n) is 5.76. The van der Waals surface area contributed by atoms with Crippen molar-refractivity contribution in [1.29, 1.82) is 0 Å². The minimum atomic E-state index is -0.961. The van der Waals surface area contributed by atoms with Crippen molar-refractivity contribution < 1.29 is 14.7 Å². The zero-order valence-electron chi connectivity index (χ0n) is 13.6. The number of amides is 2. The first-order chi connectivity index (χ1) is 9.94. The van der Waals surface area contributed by atoms with Gasteiger partial charge in [0.25, 0.3) is 0 Å². The van der Waals surface area contributed by atoms with Gasteiger partial charge in [0.05, 0.1) is 0 Å². The van der Waals surface area contributed by atoms with E-state index in [2.05, 4.69) is 24.1 Å². The number of carboxylic acid groups (broad SMARTS) is 1. The molecule has 0 aromatic heterocycles. The van der Waals surface area contributed by atoms with Crippen LogP contribution < -0.4 is 5.32 Å². The summed E-state index contributed by atoms with van der Waals surface area (Å²) in [5.41, 5.74) is 0. The number of likely N-dealkylation sites (N-methyl/N-ethyl adjacent to an activating group) is 1. The van der Waals surface area contributed by atoms with Crippen LogP contribution in [0.4, 0.5) is 4.79 Å². The van der Waals surface area contributed by atoms with Crippen LogP contribution in [-0.2, 0) is 4.79 Å². The number of hydrogen-bond acceptors (Lipinski definition) is 3. The molecule has 1 aliphatic rings. The van der Waals surface area contributed by atoms with Crippen molar-refractivity contribution in [3.8, 4) is 0 Å². The zero-order chi connectivity index (χ0) is 16.0. The van der Waals surface area contributed by atoms with Gasteiger partial charge in [-0.05, 0) is 25.4 Å². The summed E-state index contributed by atoms with van der Waals surface area (Å²) in [6, 6.07) is -0.676. The summed E-state index contributed by atoms with van der Waals surface area (Å²) in [6.07, 6.45) is 1.68. The van der Waals surface area contributed by atoms with E-state index in [-0.39, 0.29) is 11.9 Å². The molecular formula is C15H29N3O3. The molecule has 6 nitrogen and oxygen atoms in total. The van der Waals surface area contributed by atoms with Crippen LogP contribution in [0.2, 0.25) is 0 Å². The summed E-state index contributed by atoms with van der Waals surface area (Å²) in [7, 11) is 0. The quantitative estimate of drug-likeness (QED) is 0.749. The van der Waals surface area contributed by atoms with Crippen LogP contribution in [0.3, 0.4) is 0 Å². The Labute approximate surface area is 127 Å². The van der Waals surface area contributed by atoms with Gasteiger partial charge in [0.1, 0.15) is 6.04 Å². The third-order valence-electron chi connectivity index (χ3n) is 4.54. The maximum atomic E-state index is 12.3. The van der Waals surface area contributed by atoms with Gasteiger partial charge in [-0.3, -0.25) is 4.90 Å². The Morgan fingerprint density at radius 2 is 1.95 bits per heavy atom. The van der Waals surface area contributed by atoms with Crippen LogP contribution in [0.15, 0.2) is 0 Å². The molecule has 2 unspecified atom stereocenters. The van der Waals surface area contributed by atoms with Crippen molar-refractivity contribution in [2.75, 3.05) is 26.2 Å². The van der Waals surface area contributed by atoms with E-state index in [1.807, 2.05) is 13.8 Å². The molecule has 122 valence electrons. The van der Waals surface area contributed by atoms with Gasteiger partial charge in [-0.2, -0.15) is 0 Å². The number of aliphatic carboxylic acids is 1. The third-order valence-corrected chi connectivity index (χ3v) is 4.54. The Bertz CT molecular complexity index is 358. The number of carboxylic acids is 1. The molecule has 1 saturated heterocycles. The normalized spacial score (nSPS) is 21.4. The molecule has 1 aliphatic heterocycles. The number of carbonyl (C=O) groups is 2. The van der Waals surface area contributed by atoms with Crippen LogP contribution >= 0.6 is 0 Å². The van der Waals surface area contributed by atoms with E-state index in [0.29, 0.717) is 19.1 Å². The Morgan fingerprint density at radius 1 is 1.33 bits per heavy atom. The molecular weight excluding hydrogens is 270 g/mol. The third kappa shape index (κ3) is 4.59. The van der Waals surface area contributed by atoms with Gasteiger partial charge >= 0.3 is 12.0 Å². The second-order valence-corrected chi connectivity index (χ2v) is 5.76. The molecule has 3 atom stereocenters. The van der Waals surface area contributed by atoms with Gasteiger partial charge < -0.3 is 15.3 Å². The van der Waals surface area contributed by atoms with Gasteiger partial charge in [-0.15, -0.1) is 0 Å². The standard InChI is InChI=1S/C15H29N3O3/c1-5-11(4)13(14(19)20)16-15(21)18-9-8-12(10-18)17(6-2)7-3/h11-13H,5-10H2,1-4H3,(H,16,21)(H,19,20)/t11?,12?,13-/m0/s1. The van der Waals surface area contributed by atoms with Crippen molar-refractivity contribution in [2.45, 2.75) is 52.6 Å². The lowest BCUT2D eigenvalue weighted by molar-refractivity contribution is -0.140. The van der Waals surface area contributed by atoms with Crippen LogP contribution in [0.25, 0.3) is 0 Å². The SMILES string of the molecule is CCC(C)[C@H](NC(=O)N1CCC(N(CC)CC)C1)C(=O)O. The number of nitrogens with zero attached hydrogens (tertiary/aromatic N) is 2. The molecule has 6 heteroatoms. The number of carbonyl (C=O) groups excluding carboxylic acids is 1. The lowest BCUT2D eigenvalue weighted by Gasteiger charge is -2.27. The average Bonchev–Trinajstić information content (AvgIpc) is 2.94. The molecule has 1 heterocycles. The number of nitrogens with one attached hydrogen (secondary N) is 1. The van der Waals surface area contributed by atoms with Crippen LogP contribution in [0, 0.1) is 5.92 Å². The monoisotopic (exact) mass is 299 g/mol. The van der Waals surface area contributed by atoms with E-state index in [1.165, 1.54) is 0 Å². The second kappa shape index (κ2) is 8.22. The number of urea groups is 1. The summed E-state index contributed by atoms with van der Waals surface area (Å²) >= 11 is 0. The van der Waals surface area contributed by atoms with Gasteiger partial charge in [-0.1, -0.05) is 34.1 Å². The van der Waals surface area contributed by atoms with E-state index in [4.69, 9.17) is 0 Å². The summed E-state index contributed by atoms with van der Waals surface area (Å²) in [4.78, 5) is 27.6. The Morgan fingerprint density at radius 3 is 2.43 bits per heavy atom. The fourth-order valence-electron chi connectivity index (χ4n) is 2.87. The summed E-state index contributed by atoms with van der Waals surface area (Å²) in [5.74, 6) is -1.04. The average molecular weight is 299 g/mol. The summed E-state index contributed by atoms with van der Waals surface area (Å²) in [6.45, 7) is 11.3. The molecule has 0 spiro atoms. The smallest absolute Gasteiger partial charge is 0.326 e. The molecule has 0 radical (unpaired) electrons. The van der Waals surface area contributed by atoms with Crippen molar-refractivity contribution >= 4 is 12.0 Å². The topological polar surface area (TPSA) is 72.9 Å². The zero-order valence-corrected chi connectivity index (χ0v) is 13.6. The Hall–Kier alpha value is -1.30. The Kier molecular flexibility index (Phi) is 6.95. The van der Waals surface area contributed by atoms with Gasteiger partial charge in [-0.25, -0.2) is 9.59 Å². The maximum absolute atomic E-state index is 12.3. The molecule has 21 heavy (non-hydrogen) atoms. The number of rotatable bonds is 7. The molecule has 0 bridgehead atoms. The van der Waals surface area contributed by atoms with Crippen molar-refractivity contribution in [3.05, 3.63) is 0 Å². The highest BCUT2D eigenvalue weighted by molar-refractivity contribution is 5.83. The van der Waals surface area contributed by atoms with Crippen LogP contribution in [-0.4, -0.2) is 65.2 Å². The van der Waals surface area contributed by atoms with E-state index in [9.17, 15) is 14.7 Å². The Balaban J connectivity index is 2.58. The van der Waals surface area contributed by atoms with Gasteiger partial charge in [0.15, 0.2) is 0 Å². The highest BCUT2D eigenvalue weighted by Crippen LogP contribution is 2.16. The highest BCUT2D eigenvalue weighted by Gasteiger charge is 2.32. The lowest BCUT2D eigenvalue weighted by atomic mass is 9.99. The first kappa shape index (κ1) is 17.8. The molecule has 0 aromatic carbocycles. The first-order valence-electron chi connectivity index (χ1n) is 7.96. The maximum Gasteiger partial charge on any atom is 0.326 e. The van der Waals surface area contributed by atoms with E-state index >= 15 is 0 Å². The van der Waals surface area contributed by atoms with E-state index in [0.717, 1.165) is 25.9 Å². The van der Waals surface area contributed by atoms with Crippen molar-refractivity contribution in [3.63, 3.8) is 0 Å². The highest BCUT2D eigenvalue weighted by atomic mass is 16.4. The van der Waals surface area contributed by atoms with Crippen LogP contribution in [0.5, 0.6) is 0 Å². The number of likely N-dealkylation sites (tertiary alicyclic amines) is 1. The van der Waals surface area contributed by atoms with Gasteiger partial charge in [0.2, 0.25) is 0 Å². The first-order valence-corrected chi connectivity index (χ1v) is 7.96. The minimum absolute atomic E-state index is 0.0763.